The van der Waals surface area contributed by atoms with Crippen molar-refractivity contribution in [3.8, 4) is 0 Å². The van der Waals surface area contributed by atoms with Gasteiger partial charge in [0.25, 0.3) is 0 Å². The second-order valence-corrected chi connectivity index (χ2v) is 16.6. The van der Waals surface area contributed by atoms with E-state index in [9.17, 15) is 14.4 Å². The number of hydrogen-bond donors (Lipinski definition) is 0. The Bertz CT molecular complexity index is 1060. The number of esters is 3. The summed E-state index contributed by atoms with van der Waals surface area (Å²) in [6, 6.07) is 0. The van der Waals surface area contributed by atoms with Crippen molar-refractivity contribution >= 4 is 17.9 Å². The van der Waals surface area contributed by atoms with Crippen LogP contribution in [0.1, 0.15) is 113 Å². The molecule has 2 heterocycles. The van der Waals surface area contributed by atoms with Gasteiger partial charge in [0.1, 0.15) is 5.60 Å². The Kier molecular flexibility index (Phi) is 8.61. The molecule has 8 aliphatic rings. The molecule has 6 bridgehead atoms. The third kappa shape index (κ3) is 5.31. The molecule has 8 fully saturated rings. The van der Waals surface area contributed by atoms with Crippen LogP contribution in [0.5, 0.6) is 0 Å². The molecule has 0 N–H and O–H groups in total. The highest BCUT2D eigenvalue weighted by Gasteiger charge is 2.59. The third-order valence-corrected chi connectivity index (χ3v) is 15.1. The van der Waals surface area contributed by atoms with Gasteiger partial charge >= 0.3 is 17.9 Å². The molecule has 6 heteroatoms. The van der Waals surface area contributed by atoms with Crippen LogP contribution in [0, 0.1) is 82.3 Å². The number of fused-ring (bicyclic) bond motifs is 7. The summed E-state index contributed by atoms with van der Waals surface area (Å²) in [5, 5.41) is 0. The van der Waals surface area contributed by atoms with Gasteiger partial charge < -0.3 is 14.2 Å². The predicted octanol–water partition coefficient (Wildman–Crippen LogP) is 7.47. The first-order valence-electron chi connectivity index (χ1n) is 18.0. The van der Waals surface area contributed by atoms with E-state index in [-0.39, 0.29) is 29.3 Å². The minimum Gasteiger partial charge on any atom is -0.459 e. The topological polar surface area (TPSA) is 78.9 Å². The summed E-state index contributed by atoms with van der Waals surface area (Å²) in [5.74, 6) is 7.43. The van der Waals surface area contributed by atoms with Gasteiger partial charge in [-0.2, -0.15) is 0 Å². The molecular weight excluding hydrogens is 540 g/mol. The third-order valence-electron chi connectivity index (χ3n) is 15.1. The minimum absolute atomic E-state index is 0.0866. The highest BCUT2D eigenvalue weighted by molar-refractivity contribution is 5.95. The fourth-order valence-corrected chi connectivity index (χ4v) is 11.6. The second kappa shape index (κ2) is 11.7. The molecule has 0 radical (unpaired) electrons. The molecule has 0 amide bonds. The predicted molar refractivity (Wildman–Crippen MR) is 164 cm³/mol. The van der Waals surface area contributed by atoms with Gasteiger partial charge in [0, 0.05) is 6.61 Å². The highest BCUT2D eigenvalue weighted by Crippen LogP contribution is 2.63. The maximum absolute atomic E-state index is 12.9. The molecule has 15 atom stereocenters. The van der Waals surface area contributed by atoms with Crippen LogP contribution in [0.25, 0.3) is 0 Å². The molecule has 8 rings (SSSR count). The Labute approximate surface area is 260 Å². The Hall–Kier alpha value is -1.43. The van der Waals surface area contributed by atoms with E-state index in [1.54, 1.807) is 13.8 Å². The molecule has 6 nitrogen and oxygen atoms in total. The molecule has 1 spiro atoms. The standard InChI is InChI=1S/C19H30O2.C12H20O.C6H8O3/c1-4-19(10-13-5-6-15(19)7-13)21-18(20)17-9-14-8-16(17)12(3)11(14)2;1-8-9(2)11-5-10(8)6-12(11)3-4-13-7-12;1-3-4(2)6(8)9-5(3)7/h11-17H,4-10H2,1-3H3;8-11H,3-7H2,1-2H3;3-4H,1-2H3. The van der Waals surface area contributed by atoms with E-state index < -0.39 is 11.9 Å². The number of carbonyl (C=O) groups is 3. The van der Waals surface area contributed by atoms with Crippen molar-refractivity contribution in [2.24, 2.45) is 82.3 Å². The SMILES string of the molecule is CC1C(=O)OC(=O)C1C.CC1C2CC(C1C)C1(CCOC1)C2.CCC1(OC(=O)C2CC3CC2C(C)C3C)CC2CCC1C2. The molecule has 6 saturated carbocycles. The van der Waals surface area contributed by atoms with Gasteiger partial charge in [0.15, 0.2) is 0 Å². The smallest absolute Gasteiger partial charge is 0.317 e. The van der Waals surface area contributed by atoms with Crippen LogP contribution in [0.15, 0.2) is 0 Å². The molecule has 2 aliphatic heterocycles. The summed E-state index contributed by atoms with van der Waals surface area (Å²) < 4.78 is 16.2. The van der Waals surface area contributed by atoms with Crippen LogP contribution < -0.4 is 0 Å². The maximum Gasteiger partial charge on any atom is 0.317 e. The number of carbonyl (C=O) groups excluding carboxylic acids is 3. The van der Waals surface area contributed by atoms with E-state index >= 15 is 0 Å². The first-order valence-corrected chi connectivity index (χ1v) is 18.0. The first-order chi connectivity index (χ1) is 20.4. The Balaban J connectivity index is 0.000000127. The Morgan fingerprint density at radius 2 is 1.53 bits per heavy atom. The maximum atomic E-state index is 12.9. The van der Waals surface area contributed by atoms with Gasteiger partial charge in [0.05, 0.1) is 24.4 Å². The van der Waals surface area contributed by atoms with Crippen molar-refractivity contribution in [1.82, 2.24) is 0 Å². The van der Waals surface area contributed by atoms with Gasteiger partial charge in [-0.25, -0.2) is 0 Å². The van der Waals surface area contributed by atoms with E-state index in [1.165, 1.54) is 44.9 Å². The van der Waals surface area contributed by atoms with Crippen molar-refractivity contribution in [3.05, 3.63) is 0 Å². The first kappa shape index (κ1) is 31.5. The highest BCUT2D eigenvalue weighted by atomic mass is 16.6. The van der Waals surface area contributed by atoms with E-state index in [0.717, 1.165) is 73.9 Å². The lowest BCUT2D eigenvalue weighted by Crippen LogP contribution is -2.43. The summed E-state index contributed by atoms with van der Waals surface area (Å²) in [6.45, 7) is 17.4. The van der Waals surface area contributed by atoms with E-state index in [0.29, 0.717) is 23.2 Å². The lowest BCUT2D eigenvalue weighted by Gasteiger charge is -2.39. The van der Waals surface area contributed by atoms with Crippen molar-refractivity contribution in [1.29, 1.82) is 0 Å². The quantitative estimate of drug-likeness (QED) is 0.248. The van der Waals surface area contributed by atoms with Gasteiger partial charge in [-0.05, 0) is 129 Å². The summed E-state index contributed by atoms with van der Waals surface area (Å²) in [6.07, 6.45) is 12.8. The van der Waals surface area contributed by atoms with E-state index in [2.05, 4.69) is 39.4 Å². The lowest BCUT2D eigenvalue weighted by molar-refractivity contribution is -0.174. The Morgan fingerprint density at radius 1 is 0.837 bits per heavy atom. The van der Waals surface area contributed by atoms with Crippen LogP contribution >= 0.6 is 0 Å². The number of ether oxygens (including phenoxy) is 3. The fourth-order valence-electron chi connectivity index (χ4n) is 11.6. The van der Waals surface area contributed by atoms with Gasteiger partial charge in [0.2, 0.25) is 0 Å². The average Bonchev–Trinajstić information content (AvgIpc) is 3.86. The Morgan fingerprint density at radius 3 is 1.98 bits per heavy atom. The largest absolute Gasteiger partial charge is 0.459 e. The molecule has 43 heavy (non-hydrogen) atoms. The van der Waals surface area contributed by atoms with Gasteiger partial charge in [-0.1, -0.05) is 48.5 Å². The van der Waals surface area contributed by atoms with Crippen molar-refractivity contribution < 1.29 is 28.6 Å². The summed E-state index contributed by atoms with van der Waals surface area (Å²) in [5.41, 5.74) is 0.549. The summed E-state index contributed by atoms with van der Waals surface area (Å²) in [7, 11) is 0. The van der Waals surface area contributed by atoms with Crippen molar-refractivity contribution in [3.63, 3.8) is 0 Å². The van der Waals surface area contributed by atoms with Gasteiger partial charge in [-0.3, -0.25) is 14.4 Å². The van der Waals surface area contributed by atoms with Crippen LogP contribution in [0.4, 0.5) is 0 Å². The zero-order chi connectivity index (χ0) is 30.8. The van der Waals surface area contributed by atoms with Gasteiger partial charge in [-0.15, -0.1) is 0 Å². The zero-order valence-corrected chi connectivity index (χ0v) is 27.9. The molecule has 15 unspecified atom stereocenters. The van der Waals surface area contributed by atoms with Crippen LogP contribution in [-0.4, -0.2) is 36.7 Å². The average molecular weight is 599 g/mol. The summed E-state index contributed by atoms with van der Waals surface area (Å²) in [4.78, 5) is 34.0. The molecular formula is C37H58O6. The fraction of sp³-hybridized carbons (Fsp3) is 0.919. The zero-order valence-electron chi connectivity index (χ0n) is 27.9. The van der Waals surface area contributed by atoms with Crippen molar-refractivity contribution in [2.75, 3.05) is 13.2 Å². The normalized spacial score (nSPS) is 51.8. The number of hydrogen-bond acceptors (Lipinski definition) is 6. The van der Waals surface area contributed by atoms with Crippen LogP contribution in [0.2, 0.25) is 0 Å². The monoisotopic (exact) mass is 598 g/mol. The number of rotatable bonds is 3. The van der Waals surface area contributed by atoms with Crippen molar-refractivity contribution in [2.45, 2.75) is 118 Å². The molecule has 6 aliphatic carbocycles. The molecule has 0 aromatic heterocycles. The summed E-state index contributed by atoms with van der Waals surface area (Å²) >= 11 is 0. The number of cyclic esters (lactones) is 2. The second-order valence-electron chi connectivity index (χ2n) is 16.6. The molecule has 242 valence electrons. The molecule has 2 saturated heterocycles. The van der Waals surface area contributed by atoms with Crippen LogP contribution in [-0.2, 0) is 28.6 Å². The molecule has 0 aromatic carbocycles. The van der Waals surface area contributed by atoms with E-state index in [1.807, 2.05) is 0 Å². The lowest BCUT2D eigenvalue weighted by atomic mass is 9.65. The molecule has 0 aromatic rings. The minimum atomic E-state index is -0.396. The van der Waals surface area contributed by atoms with E-state index in [4.69, 9.17) is 9.47 Å². The van der Waals surface area contributed by atoms with Crippen LogP contribution in [0.3, 0.4) is 0 Å².